The Hall–Kier alpha value is -3.20. The molecule has 0 aliphatic carbocycles. The van der Waals surface area contributed by atoms with Gasteiger partial charge in [-0.15, -0.1) is 0 Å². The van der Waals surface area contributed by atoms with E-state index < -0.39 is 17.8 Å². The summed E-state index contributed by atoms with van der Waals surface area (Å²) in [7, 11) is 0. The highest BCUT2D eigenvalue weighted by Gasteiger charge is 2.36. The molecule has 1 aromatic heterocycles. The fourth-order valence-corrected chi connectivity index (χ4v) is 3.03. The van der Waals surface area contributed by atoms with E-state index in [0.29, 0.717) is 23.1 Å². The van der Waals surface area contributed by atoms with E-state index in [1.165, 1.54) is 12.1 Å². The Bertz CT molecular complexity index is 1080. The maximum atomic E-state index is 13.2. The molecule has 4 rings (SSSR count). The average Bonchev–Trinajstić information content (AvgIpc) is 3.33. The SMILES string of the molecule is O=C(NCc1ccc2c(c1)OCO2)c1cc(C(F)(F)F)nn1-c1ccccc1Cl. The highest BCUT2D eigenvalue weighted by atomic mass is 35.5. The van der Waals surface area contributed by atoms with E-state index in [-0.39, 0.29) is 29.7 Å². The molecule has 0 radical (unpaired) electrons. The van der Waals surface area contributed by atoms with Crippen LogP contribution in [0.25, 0.3) is 5.69 Å². The van der Waals surface area contributed by atoms with Gasteiger partial charge in [-0.25, -0.2) is 4.68 Å². The number of nitrogens with zero attached hydrogens (tertiary/aromatic N) is 2. The van der Waals surface area contributed by atoms with Gasteiger partial charge in [0.05, 0.1) is 10.7 Å². The maximum Gasteiger partial charge on any atom is 0.435 e. The predicted molar refractivity (Wildman–Crippen MR) is 97.3 cm³/mol. The van der Waals surface area contributed by atoms with Crippen molar-refractivity contribution in [1.29, 1.82) is 0 Å². The average molecular weight is 424 g/mol. The van der Waals surface area contributed by atoms with Gasteiger partial charge in [0.15, 0.2) is 17.2 Å². The number of hydrogen-bond acceptors (Lipinski definition) is 4. The van der Waals surface area contributed by atoms with Crippen molar-refractivity contribution in [2.24, 2.45) is 0 Å². The fourth-order valence-electron chi connectivity index (χ4n) is 2.81. The molecule has 0 saturated heterocycles. The van der Waals surface area contributed by atoms with Gasteiger partial charge >= 0.3 is 6.18 Å². The van der Waals surface area contributed by atoms with Crippen LogP contribution in [0.2, 0.25) is 5.02 Å². The number of hydrogen-bond donors (Lipinski definition) is 1. The number of fused-ring (bicyclic) bond motifs is 1. The number of alkyl halides is 3. The minimum Gasteiger partial charge on any atom is -0.454 e. The molecule has 3 aromatic rings. The highest BCUT2D eigenvalue weighted by molar-refractivity contribution is 6.32. The van der Waals surface area contributed by atoms with Crippen LogP contribution in [-0.4, -0.2) is 22.5 Å². The summed E-state index contributed by atoms with van der Waals surface area (Å²) >= 11 is 6.09. The molecule has 2 heterocycles. The Balaban J connectivity index is 1.62. The highest BCUT2D eigenvalue weighted by Crippen LogP contribution is 2.33. The zero-order valence-electron chi connectivity index (χ0n) is 14.7. The topological polar surface area (TPSA) is 65.4 Å². The minimum absolute atomic E-state index is 0.0739. The van der Waals surface area contributed by atoms with Crippen LogP contribution in [0, 0.1) is 0 Å². The zero-order chi connectivity index (χ0) is 20.6. The number of ether oxygens (including phenoxy) is 2. The Morgan fingerprint density at radius 1 is 1.14 bits per heavy atom. The van der Waals surface area contributed by atoms with Crippen LogP contribution in [0.5, 0.6) is 11.5 Å². The molecule has 29 heavy (non-hydrogen) atoms. The van der Waals surface area contributed by atoms with Crippen molar-refractivity contribution in [3.8, 4) is 17.2 Å². The van der Waals surface area contributed by atoms with Crippen LogP contribution in [0.4, 0.5) is 13.2 Å². The third kappa shape index (κ3) is 3.86. The van der Waals surface area contributed by atoms with Gasteiger partial charge in [0.2, 0.25) is 6.79 Å². The van der Waals surface area contributed by atoms with Gasteiger partial charge in [0.1, 0.15) is 5.69 Å². The number of para-hydroxylation sites is 1. The number of benzene rings is 2. The molecule has 1 aliphatic rings. The molecule has 10 heteroatoms. The molecule has 1 aliphatic heterocycles. The summed E-state index contributed by atoms with van der Waals surface area (Å²) < 4.78 is 50.9. The molecule has 0 spiro atoms. The van der Waals surface area contributed by atoms with E-state index in [0.717, 1.165) is 4.68 Å². The summed E-state index contributed by atoms with van der Waals surface area (Å²) in [4.78, 5) is 12.7. The molecule has 0 saturated carbocycles. The molecule has 0 bridgehead atoms. The zero-order valence-corrected chi connectivity index (χ0v) is 15.4. The number of aromatic nitrogens is 2. The van der Waals surface area contributed by atoms with Crippen LogP contribution in [-0.2, 0) is 12.7 Å². The molecule has 150 valence electrons. The summed E-state index contributed by atoms with van der Waals surface area (Å²) in [6.07, 6.45) is -4.71. The van der Waals surface area contributed by atoms with Crippen LogP contribution in [0.1, 0.15) is 21.7 Å². The number of carbonyl (C=O) groups is 1. The third-order valence-electron chi connectivity index (χ3n) is 4.20. The van der Waals surface area contributed by atoms with Gasteiger partial charge in [-0.2, -0.15) is 18.3 Å². The molecule has 0 unspecified atom stereocenters. The molecule has 0 fully saturated rings. The van der Waals surface area contributed by atoms with Crippen molar-refractivity contribution < 1.29 is 27.4 Å². The monoisotopic (exact) mass is 423 g/mol. The first-order valence-electron chi connectivity index (χ1n) is 8.42. The largest absolute Gasteiger partial charge is 0.454 e. The lowest BCUT2D eigenvalue weighted by Crippen LogP contribution is -2.25. The van der Waals surface area contributed by atoms with Gasteiger partial charge in [-0.05, 0) is 29.8 Å². The van der Waals surface area contributed by atoms with Crippen molar-refractivity contribution in [3.63, 3.8) is 0 Å². The first-order valence-corrected chi connectivity index (χ1v) is 8.79. The van der Waals surface area contributed by atoms with Gasteiger partial charge in [-0.1, -0.05) is 29.8 Å². The molecule has 1 amide bonds. The number of carbonyl (C=O) groups excluding carboxylic acids is 1. The van der Waals surface area contributed by atoms with E-state index in [2.05, 4.69) is 10.4 Å². The van der Waals surface area contributed by atoms with Gasteiger partial charge < -0.3 is 14.8 Å². The summed E-state index contributed by atoms with van der Waals surface area (Å²) in [5.41, 5.74) is -0.614. The van der Waals surface area contributed by atoms with Crippen LogP contribution < -0.4 is 14.8 Å². The fraction of sp³-hybridized carbons (Fsp3) is 0.158. The molecular weight excluding hydrogens is 411 g/mol. The van der Waals surface area contributed by atoms with Crippen LogP contribution in [0.3, 0.4) is 0 Å². The first kappa shape index (κ1) is 19.1. The number of rotatable bonds is 4. The second kappa shape index (κ2) is 7.32. The van der Waals surface area contributed by atoms with E-state index in [4.69, 9.17) is 21.1 Å². The van der Waals surface area contributed by atoms with E-state index in [1.54, 1.807) is 30.3 Å². The van der Waals surface area contributed by atoms with Crippen molar-refractivity contribution >= 4 is 17.5 Å². The van der Waals surface area contributed by atoms with Crippen molar-refractivity contribution in [2.45, 2.75) is 12.7 Å². The lowest BCUT2D eigenvalue weighted by atomic mass is 10.2. The number of amides is 1. The van der Waals surface area contributed by atoms with Crippen molar-refractivity contribution in [2.75, 3.05) is 6.79 Å². The molecule has 6 nitrogen and oxygen atoms in total. The Labute approximate surface area is 167 Å². The Morgan fingerprint density at radius 3 is 2.66 bits per heavy atom. The van der Waals surface area contributed by atoms with E-state index >= 15 is 0 Å². The van der Waals surface area contributed by atoms with Crippen LogP contribution >= 0.6 is 11.6 Å². The summed E-state index contributed by atoms with van der Waals surface area (Å²) in [5.74, 6) is 0.398. The third-order valence-corrected chi connectivity index (χ3v) is 4.52. The molecule has 2 aromatic carbocycles. The second-order valence-corrected chi connectivity index (χ2v) is 6.55. The predicted octanol–water partition coefficient (Wildman–Crippen LogP) is 4.20. The quantitative estimate of drug-likeness (QED) is 0.683. The van der Waals surface area contributed by atoms with Gasteiger partial charge in [-0.3, -0.25) is 4.79 Å². The lowest BCUT2D eigenvalue weighted by Gasteiger charge is -2.10. The number of halogens is 4. The van der Waals surface area contributed by atoms with Crippen molar-refractivity contribution in [3.05, 3.63) is 70.5 Å². The standard InChI is InChI=1S/C19H13ClF3N3O3/c20-12-3-1-2-4-13(12)26-14(8-17(25-26)19(21,22)23)18(27)24-9-11-5-6-15-16(7-11)29-10-28-15/h1-8H,9-10H2,(H,24,27). The Morgan fingerprint density at radius 2 is 1.90 bits per heavy atom. The Kier molecular flexibility index (Phi) is 4.83. The summed E-state index contributed by atoms with van der Waals surface area (Å²) in [5, 5.41) is 6.30. The summed E-state index contributed by atoms with van der Waals surface area (Å²) in [6, 6.07) is 12.0. The van der Waals surface area contributed by atoms with Crippen LogP contribution in [0.15, 0.2) is 48.5 Å². The second-order valence-electron chi connectivity index (χ2n) is 6.15. The van der Waals surface area contributed by atoms with Crippen molar-refractivity contribution in [1.82, 2.24) is 15.1 Å². The maximum absolute atomic E-state index is 13.2. The molecule has 1 N–H and O–H groups in total. The summed E-state index contributed by atoms with van der Waals surface area (Å²) in [6.45, 7) is 0.187. The molecular formula is C19H13ClF3N3O3. The normalized spacial score (nSPS) is 12.8. The number of nitrogens with one attached hydrogen (secondary N) is 1. The lowest BCUT2D eigenvalue weighted by molar-refractivity contribution is -0.141. The van der Waals surface area contributed by atoms with Gasteiger partial charge in [0, 0.05) is 12.6 Å². The van der Waals surface area contributed by atoms with E-state index in [9.17, 15) is 18.0 Å². The first-order chi connectivity index (χ1) is 13.8. The van der Waals surface area contributed by atoms with E-state index in [1.807, 2.05) is 0 Å². The minimum atomic E-state index is -4.71. The smallest absolute Gasteiger partial charge is 0.435 e. The molecule has 0 atom stereocenters. The van der Waals surface area contributed by atoms with Gasteiger partial charge in [0.25, 0.3) is 5.91 Å².